The number of hydrogen-bond acceptors (Lipinski definition) is 3. The van der Waals surface area contributed by atoms with E-state index in [4.69, 9.17) is 4.74 Å². The monoisotopic (exact) mass is 287 g/mol. The van der Waals surface area contributed by atoms with E-state index in [1.54, 1.807) is 7.11 Å². The number of aromatic nitrogens is 2. The van der Waals surface area contributed by atoms with Crippen molar-refractivity contribution in [2.45, 2.75) is 40.8 Å². The van der Waals surface area contributed by atoms with Gasteiger partial charge in [-0.3, -0.25) is 4.68 Å². The maximum Gasteiger partial charge on any atom is 0.123 e. The second kappa shape index (κ2) is 6.76. The lowest BCUT2D eigenvalue weighted by Gasteiger charge is -2.11. The molecule has 4 heteroatoms. The van der Waals surface area contributed by atoms with Crippen LogP contribution in [-0.2, 0) is 13.1 Å². The van der Waals surface area contributed by atoms with E-state index in [0.717, 1.165) is 36.6 Å². The Bertz CT molecular complexity index is 617. The van der Waals surface area contributed by atoms with Crippen LogP contribution in [0.1, 0.15) is 35.0 Å². The predicted octanol–water partition coefficient (Wildman–Crippen LogP) is 2.97. The van der Waals surface area contributed by atoms with Crippen molar-refractivity contribution in [2.75, 3.05) is 13.7 Å². The second-order valence-electron chi connectivity index (χ2n) is 5.40. The summed E-state index contributed by atoms with van der Waals surface area (Å²) in [6.07, 6.45) is 0. The number of nitrogens with one attached hydrogen (secondary N) is 1. The van der Waals surface area contributed by atoms with Crippen LogP contribution in [0.2, 0.25) is 0 Å². The average molecular weight is 287 g/mol. The molecule has 0 amide bonds. The average Bonchev–Trinajstić information content (AvgIpc) is 2.72. The molecule has 1 aromatic heterocycles. The Morgan fingerprint density at radius 2 is 2.00 bits per heavy atom. The van der Waals surface area contributed by atoms with E-state index < -0.39 is 0 Å². The van der Waals surface area contributed by atoms with Gasteiger partial charge in [-0.2, -0.15) is 5.10 Å². The molecule has 0 unspecified atom stereocenters. The van der Waals surface area contributed by atoms with Crippen LogP contribution in [0.25, 0.3) is 0 Å². The number of nitrogens with zero attached hydrogens (tertiary/aromatic N) is 2. The van der Waals surface area contributed by atoms with Crippen molar-refractivity contribution in [1.29, 1.82) is 0 Å². The molecule has 0 bridgehead atoms. The van der Waals surface area contributed by atoms with Crippen LogP contribution in [0.15, 0.2) is 18.2 Å². The number of rotatable bonds is 6. The molecule has 1 aromatic carbocycles. The molecule has 0 fully saturated rings. The fourth-order valence-electron chi connectivity index (χ4n) is 2.59. The molecule has 1 N–H and O–H groups in total. The van der Waals surface area contributed by atoms with Crippen LogP contribution < -0.4 is 10.1 Å². The smallest absolute Gasteiger partial charge is 0.123 e. The van der Waals surface area contributed by atoms with Crippen molar-refractivity contribution in [2.24, 2.45) is 0 Å². The summed E-state index contributed by atoms with van der Waals surface area (Å²) in [6, 6.07) is 6.26. The summed E-state index contributed by atoms with van der Waals surface area (Å²) in [5, 5.41) is 8.06. The summed E-state index contributed by atoms with van der Waals surface area (Å²) in [7, 11) is 1.71. The number of benzene rings is 1. The first-order valence-electron chi connectivity index (χ1n) is 7.44. The Balaban J connectivity index is 2.30. The number of ether oxygens (including phenoxy) is 1. The molecular formula is C17H25N3O. The molecule has 114 valence electrons. The van der Waals surface area contributed by atoms with Crippen LogP contribution >= 0.6 is 0 Å². The molecule has 0 aliphatic rings. The van der Waals surface area contributed by atoms with Gasteiger partial charge in [-0.25, -0.2) is 0 Å². The van der Waals surface area contributed by atoms with Crippen LogP contribution in [0.5, 0.6) is 5.75 Å². The fourth-order valence-corrected chi connectivity index (χ4v) is 2.59. The van der Waals surface area contributed by atoms with Gasteiger partial charge in [-0.15, -0.1) is 0 Å². The zero-order valence-electron chi connectivity index (χ0n) is 13.7. The molecule has 0 radical (unpaired) electrons. The van der Waals surface area contributed by atoms with Crippen molar-refractivity contribution < 1.29 is 4.74 Å². The molecular weight excluding hydrogens is 262 g/mol. The fraction of sp³-hybridized carbons (Fsp3) is 0.471. The summed E-state index contributed by atoms with van der Waals surface area (Å²) in [5.74, 6) is 0.918. The summed E-state index contributed by atoms with van der Waals surface area (Å²) >= 11 is 0. The summed E-state index contributed by atoms with van der Waals surface area (Å²) in [4.78, 5) is 0. The molecule has 0 saturated heterocycles. The van der Waals surface area contributed by atoms with Gasteiger partial charge in [0.15, 0.2) is 0 Å². The van der Waals surface area contributed by atoms with E-state index >= 15 is 0 Å². The minimum absolute atomic E-state index is 0.740. The van der Waals surface area contributed by atoms with E-state index in [1.807, 2.05) is 6.07 Å². The first kappa shape index (κ1) is 15.6. The number of aryl methyl sites for hydroxylation is 2. The summed E-state index contributed by atoms with van der Waals surface area (Å²) < 4.78 is 7.53. The SMILES string of the molecule is CCNCc1c(C)nn(Cc2cc(C)ccc2OC)c1C. The predicted molar refractivity (Wildman–Crippen MR) is 85.9 cm³/mol. The van der Waals surface area contributed by atoms with Crippen LogP contribution in [-0.4, -0.2) is 23.4 Å². The maximum absolute atomic E-state index is 5.46. The highest BCUT2D eigenvalue weighted by Gasteiger charge is 2.13. The van der Waals surface area contributed by atoms with Gasteiger partial charge in [0.2, 0.25) is 0 Å². The lowest BCUT2D eigenvalue weighted by Crippen LogP contribution is -2.13. The molecule has 0 aliphatic carbocycles. The molecule has 21 heavy (non-hydrogen) atoms. The van der Waals surface area contributed by atoms with Crippen molar-refractivity contribution in [1.82, 2.24) is 15.1 Å². The molecule has 0 aliphatic heterocycles. The molecule has 0 spiro atoms. The quantitative estimate of drug-likeness (QED) is 0.888. The number of hydrogen-bond donors (Lipinski definition) is 1. The molecule has 0 atom stereocenters. The van der Waals surface area contributed by atoms with E-state index in [9.17, 15) is 0 Å². The van der Waals surface area contributed by atoms with Gasteiger partial charge in [-0.1, -0.05) is 24.6 Å². The molecule has 1 heterocycles. The van der Waals surface area contributed by atoms with Gasteiger partial charge in [-0.05, 0) is 33.4 Å². The van der Waals surface area contributed by atoms with Crippen molar-refractivity contribution in [3.8, 4) is 5.75 Å². The van der Waals surface area contributed by atoms with Gasteiger partial charge in [0.25, 0.3) is 0 Å². The van der Waals surface area contributed by atoms with Crippen molar-refractivity contribution in [3.05, 3.63) is 46.3 Å². The lowest BCUT2D eigenvalue weighted by atomic mass is 10.1. The molecule has 0 saturated carbocycles. The van der Waals surface area contributed by atoms with Gasteiger partial charge in [0, 0.05) is 23.4 Å². The third-order valence-electron chi connectivity index (χ3n) is 3.84. The zero-order valence-corrected chi connectivity index (χ0v) is 13.7. The normalized spacial score (nSPS) is 10.9. The highest BCUT2D eigenvalue weighted by Crippen LogP contribution is 2.22. The van der Waals surface area contributed by atoms with Crippen molar-refractivity contribution >= 4 is 0 Å². The Hall–Kier alpha value is -1.81. The van der Waals surface area contributed by atoms with E-state index in [2.05, 4.69) is 54.9 Å². The van der Waals surface area contributed by atoms with Gasteiger partial charge < -0.3 is 10.1 Å². The van der Waals surface area contributed by atoms with Gasteiger partial charge in [0.05, 0.1) is 19.3 Å². The van der Waals surface area contributed by atoms with E-state index in [0.29, 0.717) is 0 Å². The molecule has 2 rings (SSSR count). The Labute approximate surface area is 127 Å². The van der Waals surface area contributed by atoms with Gasteiger partial charge in [0.1, 0.15) is 5.75 Å². The van der Waals surface area contributed by atoms with E-state index in [1.165, 1.54) is 16.8 Å². The minimum atomic E-state index is 0.740. The molecule has 2 aromatic rings. The maximum atomic E-state index is 5.46. The van der Waals surface area contributed by atoms with Crippen LogP contribution in [0.4, 0.5) is 0 Å². The second-order valence-corrected chi connectivity index (χ2v) is 5.40. The highest BCUT2D eigenvalue weighted by atomic mass is 16.5. The zero-order chi connectivity index (χ0) is 15.4. The third kappa shape index (κ3) is 3.45. The van der Waals surface area contributed by atoms with Crippen LogP contribution in [0.3, 0.4) is 0 Å². The standard InChI is InChI=1S/C17H25N3O/c1-6-18-10-16-13(3)19-20(14(16)4)11-15-9-12(2)7-8-17(15)21-5/h7-9,18H,6,10-11H2,1-5H3. The Morgan fingerprint density at radius 3 is 2.67 bits per heavy atom. The Morgan fingerprint density at radius 1 is 1.24 bits per heavy atom. The van der Waals surface area contributed by atoms with Crippen LogP contribution in [0, 0.1) is 20.8 Å². The summed E-state index contributed by atoms with van der Waals surface area (Å²) in [5.41, 5.74) is 6.01. The topological polar surface area (TPSA) is 39.1 Å². The molecule has 4 nitrogen and oxygen atoms in total. The minimum Gasteiger partial charge on any atom is -0.496 e. The van der Waals surface area contributed by atoms with Crippen molar-refractivity contribution in [3.63, 3.8) is 0 Å². The highest BCUT2D eigenvalue weighted by molar-refractivity contribution is 5.37. The largest absolute Gasteiger partial charge is 0.496 e. The van der Waals surface area contributed by atoms with Gasteiger partial charge >= 0.3 is 0 Å². The first-order chi connectivity index (χ1) is 10.1. The first-order valence-corrected chi connectivity index (χ1v) is 7.44. The number of methoxy groups -OCH3 is 1. The Kier molecular flexibility index (Phi) is 5.02. The lowest BCUT2D eigenvalue weighted by molar-refractivity contribution is 0.407. The summed E-state index contributed by atoms with van der Waals surface area (Å²) in [6.45, 7) is 11.0. The van der Waals surface area contributed by atoms with E-state index in [-0.39, 0.29) is 0 Å². The third-order valence-corrected chi connectivity index (χ3v) is 3.84.